The summed E-state index contributed by atoms with van der Waals surface area (Å²) in [6.45, 7) is 1.89. The SMILES string of the molecule is CCC(O)Cc1nc(-c2cc(Cl)cc(Cl)c2)no1. The molecule has 1 unspecified atom stereocenters. The molecule has 1 heterocycles. The smallest absolute Gasteiger partial charge is 0.229 e. The molecule has 18 heavy (non-hydrogen) atoms. The zero-order chi connectivity index (χ0) is 13.1. The van der Waals surface area contributed by atoms with Gasteiger partial charge >= 0.3 is 0 Å². The van der Waals surface area contributed by atoms with Gasteiger partial charge in [0.05, 0.1) is 12.5 Å². The Kier molecular flexibility index (Phi) is 4.22. The highest BCUT2D eigenvalue weighted by molar-refractivity contribution is 6.35. The second-order valence-electron chi connectivity index (χ2n) is 3.94. The Labute approximate surface area is 115 Å². The van der Waals surface area contributed by atoms with Crippen LogP contribution in [0.15, 0.2) is 22.7 Å². The lowest BCUT2D eigenvalue weighted by molar-refractivity contribution is 0.158. The Balaban J connectivity index is 2.23. The van der Waals surface area contributed by atoms with Crippen molar-refractivity contribution in [2.75, 3.05) is 0 Å². The number of aliphatic hydroxyl groups excluding tert-OH is 1. The molecule has 0 radical (unpaired) electrons. The van der Waals surface area contributed by atoms with Gasteiger partial charge in [0.15, 0.2) is 0 Å². The van der Waals surface area contributed by atoms with E-state index in [9.17, 15) is 5.11 Å². The van der Waals surface area contributed by atoms with Crippen LogP contribution in [0.3, 0.4) is 0 Å². The molecule has 0 saturated heterocycles. The fraction of sp³-hybridized carbons (Fsp3) is 0.333. The van der Waals surface area contributed by atoms with Crippen LogP contribution in [0.2, 0.25) is 10.0 Å². The van der Waals surface area contributed by atoms with E-state index in [4.69, 9.17) is 27.7 Å². The second-order valence-corrected chi connectivity index (χ2v) is 4.81. The summed E-state index contributed by atoms with van der Waals surface area (Å²) in [5.74, 6) is 0.813. The summed E-state index contributed by atoms with van der Waals surface area (Å²) in [6, 6.07) is 5.05. The summed E-state index contributed by atoms with van der Waals surface area (Å²) >= 11 is 11.8. The molecule has 0 bridgehead atoms. The summed E-state index contributed by atoms with van der Waals surface area (Å²) in [4.78, 5) is 4.20. The van der Waals surface area contributed by atoms with Crippen LogP contribution in [0.4, 0.5) is 0 Å². The molecule has 6 heteroatoms. The van der Waals surface area contributed by atoms with Crippen LogP contribution < -0.4 is 0 Å². The third-order valence-corrected chi connectivity index (χ3v) is 2.91. The molecule has 4 nitrogen and oxygen atoms in total. The van der Waals surface area contributed by atoms with Crippen LogP contribution in [-0.4, -0.2) is 21.4 Å². The van der Waals surface area contributed by atoms with E-state index < -0.39 is 6.10 Å². The van der Waals surface area contributed by atoms with Gasteiger partial charge < -0.3 is 9.63 Å². The van der Waals surface area contributed by atoms with E-state index in [0.29, 0.717) is 40.2 Å². The van der Waals surface area contributed by atoms with Crippen molar-refractivity contribution in [1.82, 2.24) is 10.1 Å². The molecule has 0 aliphatic heterocycles. The lowest BCUT2D eigenvalue weighted by atomic mass is 10.2. The van der Waals surface area contributed by atoms with Crippen molar-refractivity contribution in [2.24, 2.45) is 0 Å². The first-order valence-electron chi connectivity index (χ1n) is 5.55. The predicted molar refractivity (Wildman–Crippen MR) is 69.8 cm³/mol. The van der Waals surface area contributed by atoms with Crippen molar-refractivity contribution in [3.8, 4) is 11.4 Å². The van der Waals surface area contributed by atoms with Gasteiger partial charge in [0.1, 0.15) is 0 Å². The minimum atomic E-state index is -0.471. The van der Waals surface area contributed by atoms with Crippen molar-refractivity contribution in [3.05, 3.63) is 34.1 Å². The van der Waals surface area contributed by atoms with Crippen molar-refractivity contribution >= 4 is 23.2 Å². The van der Waals surface area contributed by atoms with Gasteiger partial charge in [-0.2, -0.15) is 4.98 Å². The van der Waals surface area contributed by atoms with Crippen molar-refractivity contribution in [2.45, 2.75) is 25.9 Å². The van der Waals surface area contributed by atoms with Crippen molar-refractivity contribution in [3.63, 3.8) is 0 Å². The maximum absolute atomic E-state index is 9.51. The number of hydrogen-bond acceptors (Lipinski definition) is 4. The average Bonchev–Trinajstić information content (AvgIpc) is 2.76. The zero-order valence-corrected chi connectivity index (χ0v) is 11.2. The lowest BCUT2D eigenvalue weighted by Gasteiger charge is -2.01. The average molecular weight is 287 g/mol. The molecule has 0 fully saturated rings. The van der Waals surface area contributed by atoms with Gasteiger partial charge in [0, 0.05) is 15.6 Å². The molecule has 2 aromatic rings. The fourth-order valence-corrected chi connectivity index (χ4v) is 2.01. The van der Waals surface area contributed by atoms with Gasteiger partial charge in [-0.25, -0.2) is 0 Å². The van der Waals surface area contributed by atoms with Crippen LogP contribution in [0, 0.1) is 0 Å². The molecular weight excluding hydrogens is 275 g/mol. The largest absolute Gasteiger partial charge is 0.393 e. The summed E-state index contributed by atoms with van der Waals surface area (Å²) in [5, 5.41) is 14.4. The minimum Gasteiger partial charge on any atom is -0.393 e. The normalized spacial score (nSPS) is 12.7. The summed E-state index contributed by atoms with van der Waals surface area (Å²) < 4.78 is 5.06. The number of benzene rings is 1. The standard InChI is InChI=1S/C12H12Cl2N2O2/c1-2-10(17)6-11-15-12(16-18-11)7-3-8(13)5-9(14)4-7/h3-5,10,17H,2,6H2,1H3. The Morgan fingerprint density at radius 2 is 1.94 bits per heavy atom. The summed E-state index contributed by atoms with van der Waals surface area (Å²) in [7, 11) is 0. The van der Waals surface area contributed by atoms with E-state index in [1.807, 2.05) is 6.92 Å². The quantitative estimate of drug-likeness (QED) is 0.936. The monoisotopic (exact) mass is 286 g/mol. The molecule has 96 valence electrons. The third-order valence-electron chi connectivity index (χ3n) is 2.47. The Morgan fingerprint density at radius 1 is 1.28 bits per heavy atom. The molecule has 1 aromatic carbocycles. The molecule has 2 rings (SSSR count). The number of rotatable bonds is 4. The molecule has 0 spiro atoms. The Morgan fingerprint density at radius 3 is 2.56 bits per heavy atom. The van der Waals surface area contributed by atoms with Crippen molar-refractivity contribution in [1.29, 1.82) is 0 Å². The third kappa shape index (κ3) is 3.22. The molecule has 1 aromatic heterocycles. The Bertz CT molecular complexity index is 522. The van der Waals surface area contributed by atoms with Crippen molar-refractivity contribution < 1.29 is 9.63 Å². The first-order chi connectivity index (χ1) is 8.58. The van der Waals surface area contributed by atoms with Gasteiger partial charge in [0.25, 0.3) is 0 Å². The van der Waals surface area contributed by atoms with E-state index in [1.165, 1.54) is 0 Å². The van der Waals surface area contributed by atoms with E-state index in [-0.39, 0.29) is 0 Å². The van der Waals surface area contributed by atoms with Gasteiger partial charge in [-0.15, -0.1) is 0 Å². The van der Waals surface area contributed by atoms with Gasteiger partial charge in [0.2, 0.25) is 11.7 Å². The minimum absolute atomic E-state index is 0.345. The van der Waals surface area contributed by atoms with Gasteiger partial charge in [-0.1, -0.05) is 35.3 Å². The molecule has 0 saturated carbocycles. The van der Waals surface area contributed by atoms with Crippen LogP contribution >= 0.6 is 23.2 Å². The molecule has 0 aliphatic carbocycles. The maximum Gasteiger partial charge on any atom is 0.229 e. The summed E-state index contributed by atoms with van der Waals surface area (Å²) in [5.41, 5.74) is 0.688. The zero-order valence-electron chi connectivity index (χ0n) is 9.73. The molecule has 1 atom stereocenters. The first-order valence-corrected chi connectivity index (χ1v) is 6.31. The van der Waals surface area contributed by atoms with Crippen LogP contribution in [0.5, 0.6) is 0 Å². The molecule has 0 amide bonds. The lowest BCUT2D eigenvalue weighted by Crippen LogP contribution is -2.08. The second kappa shape index (κ2) is 5.69. The first kappa shape index (κ1) is 13.3. The number of nitrogens with zero attached hydrogens (tertiary/aromatic N) is 2. The highest BCUT2D eigenvalue weighted by atomic mass is 35.5. The van der Waals surface area contributed by atoms with E-state index in [1.54, 1.807) is 18.2 Å². The highest BCUT2D eigenvalue weighted by Crippen LogP contribution is 2.25. The van der Waals surface area contributed by atoms with Gasteiger partial charge in [-0.05, 0) is 24.6 Å². The number of aromatic nitrogens is 2. The molecular formula is C12H12Cl2N2O2. The van der Waals surface area contributed by atoms with E-state index in [0.717, 1.165) is 0 Å². The summed E-state index contributed by atoms with van der Waals surface area (Å²) in [6.07, 6.45) is 0.514. The van der Waals surface area contributed by atoms with Crippen LogP contribution in [0.1, 0.15) is 19.2 Å². The predicted octanol–water partition coefficient (Wildman–Crippen LogP) is 3.36. The number of aliphatic hydroxyl groups is 1. The van der Waals surface area contributed by atoms with E-state index >= 15 is 0 Å². The van der Waals surface area contributed by atoms with Crippen LogP contribution in [-0.2, 0) is 6.42 Å². The number of halogens is 2. The van der Waals surface area contributed by atoms with E-state index in [2.05, 4.69) is 10.1 Å². The molecule has 0 aliphatic rings. The van der Waals surface area contributed by atoms with Crippen LogP contribution in [0.25, 0.3) is 11.4 Å². The Hall–Kier alpha value is -1.10. The molecule has 1 N–H and O–H groups in total. The highest BCUT2D eigenvalue weighted by Gasteiger charge is 2.12. The topological polar surface area (TPSA) is 59.2 Å². The van der Waals surface area contributed by atoms with Gasteiger partial charge in [-0.3, -0.25) is 0 Å². The number of hydrogen-bond donors (Lipinski definition) is 1. The maximum atomic E-state index is 9.51. The fourth-order valence-electron chi connectivity index (χ4n) is 1.48.